The minimum absolute atomic E-state index is 0.727. The second-order valence-corrected chi connectivity index (χ2v) is 4.83. The number of para-hydroxylation sites is 1. The van der Waals surface area contributed by atoms with E-state index in [4.69, 9.17) is 0 Å². The Balaban J connectivity index is 2.45. The van der Waals surface area contributed by atoms with Crippen LogP contribution in [0.25, 0.3) is 10.9 Å². The van der Waals surface area contributed by atoms with Crippen LogP contribution in [0.5, 0.6) is 0 Å². The Kier molecular flexibility index (Phi) is 4.20. The fraction of sp³-hybridized carbons (Fsp3) is 0.385. The van der Waals surface area contributed by atoms with E-state index in [0.29, 0.717) is 0 Å². The predicted molar refractivity (Wildman–Crippen MR) is 74.7 cm³/mol. The fourth-order valence-corrected chi connectivity index (χ4v) is 2.47. The second kappa shape index (κ2) is 5.87. The van der Waals surface area contributed by atoms with E-state index in [1.165, 1.54) is 0 Å². The third kappa shape index (κ3) is 2.88. The molecule has 17 heavy (non-hydrogen) atoms. The summed E-state index contributed by atoms with van der Waals surface area (Å²) < 4.78 is 0. The molecule has 0 radical (unpaired) electrons. The number of hydrogen-bond acceptors (Lipinski definition) is 4. The molecule has 1 aromatic heterocycles. The van der Waals surface area contributed by atoms with Crippen LogP contribution in [0.15, 0.2) is 29.3 Å². The van der Waals surface area contributed by atoms with Gasteiger partial charge in [0.2, 0.25) is 5.95 Å². The van der Waals surface area contributed by atoms with E-state index in [1.54, 1.807) is 11.8 Å². The zero-order chi connectivity index (χ0) is 12.1. The summed E-state index contributed by atoms with van der Waals surface area (Å²) in [4.78, 5) is 9.07. The van der Waals surface area contributed by atoms with Gasteiger partial charge in [-0.2, -0.15) is 0 Å². The summed E-state index contributed by atoms with van der Waals surface area (Å²) in [5.74, 6) is 1.82. The standard InChI is InChI=1S/C13H17N3S/c1-3-9-17-12-10-7-5-6-8-11(10)15-13(16-12)14-4-2/h5-8H,3-4,9H2,1-2H3,(H,14,15,16). The molecule has 0 bridgehead atoms. The van der Waals surface area contributed by atoms with Crippen LogP contribution >= 0.6 is 11.8 Å². The van der Waals surface area contributed by atoms with Crippen molar-refractivity contribution in [2.75, 3.05) is 17.6 Å². The van der Waals surface area contributed by atoms with Crippen LogP contribution in [-0.4, -0.2) is 22.3 Å². The lowest BCUT2D eigenvalue weighted by Gasteiger charge is -2.08. The van der Waals surface area contributed by atoms with Gasteiger partial charge in [-0.25, -0.2) is 9.97 Å². The SMILES string of the molecule is CCCSc1nc(NCC)nc2ccccc12. The van der Waals surface area contributed by atoms with Gasteiger partial charge in [0.15, 0.2) is 0 Å². The van der Waals surface area contributed by atoms with E-state index in [2.05, 4.69) is 35.2 Å². The lowest BCUT2D eigenvalue weighted by molar-refractivity contribution is 1.04. The normalized spacial score (nSPS) is 10.7. The number of hydrogen-bond donors (Lipinski definition) is 1. The number of nitrogens with zero attached hydrogens (tertiary/aromatic N) is 2. The van der Waals surface area contributed by atoms with Gasteiger partial charge in [0.05, 0.1) is 5.52 Å². The Bertz CT molecular complexity index is 499. The first-order valence-electron chi connectivity index (χ1n) is 5.98. The quantitative estimate of drug-likeness (QED) is 0.647. The van der Waals surface area contributed by atoms with E-state index in [9.17, 15) is 0 Å². The molecule has 1 N–H and O–H groups in total. The van der Waals surface area contributed by atoms with Crippen LogP contribution < -0.4 is 5.32 Å². The van der Waals surface area contributed by atoms with E-state index < -0.39 is 0 Å². The summed E-state index contributed by atoms with van der Waals surface area (Å²) in [6, 6.07) is 8.17. The van der Waals surface area contributed by atoms with Crippen LogP contribution in [0, 0.1) is 0 Å². The molecule has 2 rings (SSSR count). The lowest BCUT2D eigenvalue weighted by Crippen LogP contribution is -2.03. The number of thioether (sulfide) groups is 1. The van der Waals surface area contributed by atoms with Crippen molar-refractivity contribution < 1.29 is 0 Å². The highest BCUT2D eigenvalue weighted by molar-refractivity contribution is 7.99. The van der Waals surface area contributed by atoms with Crippen molar-refractivity contribution in [1.82, 2.24) is 9.97 Å². The van der Waals surface area contributed by atoms with Gasteiger partial charge in [-0.15, -0.1) is 11.8 Å². The van der Waals surface area contributed by atoms with Gasteiger partial charge in [-0.3, -0.25) is 0 Å². The van der Waals surface area contributed by atoms with Crippen molar-refractivity contribution in [2.45, 2.75) is 25.3 Å². The Morgan fingerprint density at radius 1 is 1.18 bits per heavy atom. The molecule has 0 aliphatic heterocycles. The Labute approximate surface area is 106 Å². The van der Waals surface area contributed by atoms with Crippen molar-refractivity contribution in [3.05, 3.63) is 24.3 Å². The summed E-state index contributed by atoms with van der Waals surface area (Å²) in [6.07, 6.45) is 1.15. The van der Waals surface area contributed by atoms with Crippen LogP contribution in [0.1, 0.15) is 20.3 Å². The summed E-state index contributed by atoms with van der Waals surface area (Å²) in [5.41, 5.74) is 1.01. The summed E-state index contributed by atoms with van der Waals surface area (Å²) in [7, 11) is 0. The molecular weight excluding hydrogens is 230 g/mol. The molecule has 90 valence electrons. The van der Waals surface area contributed by atoms with Crippen LogP contribution in [-0.2, 0) is 0 Å². The zero-order valence-electron chi connectivity index (χ0n) is 10.2. The number of nitrogens with one attached hydrogen (secondary N) is 1. The highest BCUT2D eigenvalue weighted by Crippen LogP contribution is 2.26. The first-order valence-corrected chi connectivity index (χ1v) is 6.97. The van der Waals surface area contributed by atoms with E-state index >= 15 is 0 Å². The molecule has 0 aliphatic rings. The van der Waals surface area contributed by atoms with Gasteiger partial charge in [0.1, 0.15) is 5.03 Å². The summed E-state index contributed by atoms with van der Waals surface area (Å²) >= 11 is 1.80. The highest BCUT2D eigenvalue weighted by Gasteiger charge is 2.06. The Hall–Kier alpha value is -1.29. The summed E-state index contributed by atoms with van der Waals surface area (Å²) in [5, 5.41) is 5.40. The van der Waals surface area contributed by atoms with Gasteiger partial charge in [-0.05, 0) is 25.2 Å². The molecule has 0 atom stereocenters. The Morgan fingerprint density at radius 3 is 2.76 bits per heavy atom. The number of anilines is 1. The average molecular weight is 247 g/mol. The van der Waals surface area contributed by atoms with Crippen molar-refractivity contribution in [3.8, 4) is 0 Å². The maximum absolute atomic E-state index is 4.57. The van der Waals surface area contributed by atoms with Crippen molar-refractivity contribution in [3.63, 3.8) is 0 Å². The smallest absolute Gasteiger partial charge is 0.224 e. The van der Waals surface area contributed by atoms with Crippen molar-refractivity contribution >= 4 is 28.6 Å². The van der Waals surface area contributed by atoms with Crippen molar-refractivity contribution in [2.24, 2.45) is 0 Å². The second-order valence-electron chi connectivity index (χ2n) is 3.75. The van der Waals surface area contributed by atoms with Gasteiger partial charge in [0.25, 0.3) is 0 Å². The first-order chi connectivity index (χ1) is 8.35. The Morgan fingerprint density at radius 2 is 2.00 bits per heavy atom. The molecule has 4 heteroatoms. The van der Waals surface area contributed by atoms with Gasteiger partial charge in [0, 0.05) is 11.9 Å². The largest absolute Gasteiger partial charge is 0.354 e. The fourth-order valence-electron chi connectivity index (χ4n) is 1.59. The van der Waals surface area contributed by atoms with Crippen LogP contribution in [0.4, 0.5) is 5.95 Å². The number of benzene rings is 1. The summed E-state index contributed by atoms with van der Waals surface area (Å²) in [6.45, 7) is 5.08. The molecule has 0 spiro atoms. The minimum Gasteiger partial charge on any atom is -0.354 e. The molecule has 0 saturated carbocycles. The van der Waals surface area contributed by atoms with E-state index in [0.717, 1.165) is 40.6 Å². The van der Waals surface area contributed by atoms with Gasteiger partial charge in [-0.1, -0.05) is 25.1 Å². The minimum atomic E-state index is 0.727. The number of rotatable bonds is 5. The van der Waals surface area contributed by atoms with Crippen LogP contribution in [0.2, 0.25) is 0 Å². The lowest BCUT2D eigenvalue weighted by atomic mass is 10.2. The zero-order valence-corrected chi connectivity index (χ0v) is 11.0. The monoisotopic (exact) mass is 247 g/mol. The maximum atomic E-state index is 4.57. The molecule has 0 amide bonds. The molecule has 0 saturated heterocycles. The van der Waals surface area contributed by atoms with Gasteiger partial charge < -0.3 is 5.32 Å². The predicted octanol–water partition coefficient (Wildman–Crippen LogP) is 3.56. The third-order valence-electron chi connectivity index (χ3n) is 2.35. The van der Waals surface area contributed by atoms with E-state index in [1.807, 2.05) is 18.2 Å². The maximum Gasteiger partial charge on any atom is 0.224 e. The molecule has 1 aromatic carbocycles. The van der Waals surface area contributed by atoms with Crippen LogP contribution in [0.3, 0.4) is 0 Å². The van der Waals surface area contributed by atoms with Crippen molar-refractivity contribution in [1.29, 1.82) is 0 Å². The average Bonchev–Trinajstić information content (AvgIpc) is 2.36. The number of fused-ring (bicyclic) bond motifs is 1. The van der Waals surface area contributed by atoms with E-state index in [-0.39, 0.29) is 0 Å². The molecular formula is C13H17N3S. The highest BCUT2D eigenvalue weighted by atomic mass is 32.2. The first kappa shape index (κ1) is 12.2. The molecule has 0 fully saturated rings. The molecule has 0 unspecified atom stereocenters. The number of aromatic nitrogens is 2. The molecule has 2 aromatic rings. The molecule has 3 nitrogen and oxygen atoms in total. The third-order valence-corrected chi connectivity index (χ3v) is 3.54. The van der Waals surface area contributed by atoms with Gasteiger partial charge >= 0.3 is 0 Å². The molecule has 0 aliphatic carbocycles. The topological polar surface area (TPSA) is 37.8 Å². The molecule has 1 heterocycles.